The average Bonchev–Trinajstić information content (AvgIpc) is 3.64. The number of ether oxygens (including phenoxy) is 1. The number of aromatic nitrogens is 6. The second-order valence-electron chi connectivity index (χ2n) is 10.8. The molecule has 4 heterocycles. The number of nitrogens with one attached hydrogen (secondary N) is 2. The van der Waals surface area contributed by atoms with E-state index in [0.29, 0.717) is 55.9 Å². The molecule has 4 aromatic heterocycles. The second-order valence-corrected chi connectivity index (χ2v) is 10.8. The lowest BCUT2D eigenvalue weighted by Gasteiger charge is -2.38. The highest BCUT2D eigenvalue weighted by Gasteiger charge is 2.42. The van der Waals surface area contributed by atoms with Gasteiger partial charge in [-0.15, -0.1) is 0 Å². The largest absolute Gasteiger partial charge is 0.370 e. The molecule has 0 amide bonds. The molecule has 218 valence electrons. The van der Waals surface area contributed by atoms with Crippen molar-refractivity contribution in [2.24, 2.45) is 0 Å². The van der Waals surface area contributed by atoms with Crippen LogP contribution in [0.15, 0.2) is 42.9 Å². The van der Waals surface area contributed by atoms with E-state index in [1.807, 2.05) is 19.9 Å². The highest BCUT2D eigenvalue weighted by Crippen LogP contribution is 2.42. The monoisotopic (exact) mass is 574 g/mol. The molecule has 0 unspecified atom stereocenters. The SMILES string of the molecule is COC1(C(=O)CC[C@@H](C)c2ccc(-n3cc(F)cn3)nc2)CCC(c2nc(Nc3cc(C)[nH]n3)c(F)cc2C#N)CC1. The number of ketones is 1. The fraction of sp³-hybridized carbons (Fsp3) is 0.400. The Balaban J connectivity index is 1.22. The zero-order valence-corrected chi connectivity index (χ0v) is 23.7. The summed E-state index contributed by atoms with van der Waals surface area (Å²) in [6, 6.07) is 8.68. The number of nitriles is 1. The van der Waals surface area contributed by atoms with Crippen molar-refractivity contribution in [3.05, 3.63) is 77.0 Å². The third kappa shape index (κ3) is 6.06. The van der Waals surface area contributed by atoms with Gasteiger partial charge in [0.05, 0.1) is 23.7 Å². The van der Waals surface area contributed by atoms with Crippen molar-refractivity contribution in [1.82, 2.24) is 29.9 Å². The lowest BCUT2D eigenvalue weighted by Crippen LogP contribution is -2.44. The molecule has 0 radical (unpaired) electrons. The Bertz CT molecular complexity index is 1600. The molecule has 0 bridgehead atoms. The Morgan fingerprint density at radius 1 is 1.29 bits per heavy atom. The molecular formula is C30H32F2N8O2. The molecule has 1 aliphatic rings. The van der Waals surface area contributed by atoms with E-state index in [9.17, 15) is 18.8 Å². The van der Waals surface area contributed by atoms with E-state index in [0.717, 1.165) is 17.5 Å². The minimum atomic E-state index is -0.914. The quantitative estimate of drug-likeness (QED) is 0.243. The fourth-order valence-electron chi connectivity index (χ4n) is 5.54. The summed E-state index contributed by atoms with van der Waals surface area (Å²) >= 11 is 0. The van der Waals surface area contributed by atoms with Gasteiger partial charge in [0, 0.05) is 37.4 Å². The minimum Gasteiger partial charge on any atom is -0.370 e. The van der Waals surface area contributed by atoms with E-state index in [2.05, 4.69) is 36.7 Å². The first-order valence-electron chi connectivity index (χ1n) is 13.9. The van der Waals surface area contributed by atoms with Crippen LogP contribution >= 0.6 is 0 Å². The zero-order valence-electron chi connectivity index (χ0n) is 23.7. The Kier molecular flexibility index (Phi) is 8.40. The molecule has 42 heavy (non-hydrogen) atoms. The summed E-state index contributed by atoms with van der Waals surface area (Å²) in [4.78, 5) is 22.3. The van der Waals surface area contributed by atoms with E-state index in [1.54, 1.807) is 25.4 Å². The van der Waals surface area contributed by atoms with Crippen LogP contribution in [0.3, 0.4) is 0 Å². The highest BCUT2D eigenvalue weighted by molar-refractivity contribution is 5.87. The highest BCUT2D eigenvalue weighted by atomic mass is 19.1. The molecule has 1 saturated carbocycles. The summed E-state index contributed by atoms with van der Waals surface area (Å²) in [5.41, 5.74) is 1.56. The van der Waals surface area contributed by atoms with Gasteiger partial charge in [0.15, 0.2) is 34.9 Å². The Morgan fingerprint density at radius 2 is 2.07 bits per heavy atom. The van der Waals surface area contributed by atoms with E-state index in [4.69, 9.17) is 4.74 Å². The van der Waals surface area contributed by atoms with Crippen molar-refractivity contribution in [2.45, 2.75) is 69.8 Å². The third-order valence-electron chi connectivity index (χ3n) is 8.09. The number of rotatable bonds is 10. The minimum absolute atomic E-state index is 0.00320. The number of carbonyl (C=O) groups excluding carboxylic acids is 1. The number of aryl methyl sites for hydroxylation is 1. The molecule has 4 aromatic rings. The fourth-order valence-corrected chi connectivity index (χ4v) is 5.54. The molecule has 0 aliphatic heterocycles. The number of aromatic amines is 1. The maximum atomic E-state index is 14.7. The lowest BCUT2D eigenvalue weighted by atomic mass is 9.73. The molecule has 2 N–H and O–H groups in total. The standard InChI is InChI=1S/C30H32F2N8O2/c1-18(21-5-7-27(34-15-21)40-17-23(31)16-35-40)4-6-25(41)30(42-3)10-8-20(9-11-30)28-22(14-33)13-24(32)29(37-28)36-26-12-19(2)38-39-26/h5,7,12-13,15-18,20H,4,6,8-11H2,1-3H3,(H2,36,37,38,39)/t18-,20?,30?/m1/s1. The summed E-state index contributed by atoms with van der Waals surface area (Å²) in [6.45, 7) is 3.87. The summed E-state index contributed by atoms with van der Waals surface area (Å²) in [5.74, 6) is -0.144. The van der Waals surface area contributed by atoms with Crippen LogP contribution in [-0.4, -0.2) is 48.4 Å². The number of hydrogen-bond donors (Lipinski definition) is 2. The van der Waals surface area contributed by atoms with Crippen LogP contribution in [0.5, 0.6) is 0 Å². The first-order valence-corrected chi connectivity index (χ1v) is 13.9. The van der Waals surface area contributed by atoms with Gasteiger partial charge in [-0.3, -0.25) is 9.89 Å². The Labute approximate surface area is 242 Å². The molecular weight excluding hydrogens is 542 g/mol. The summed E-state index contributed by atoms with van der Waals surface area (Å²) in [7, 11) is 1.56. The van der Waals surface area contributed by atoms with Crippen LogP contribution in [0.4, 0.5) is 20.4 Å². The van der Waals surface area contributed by atoms with Crippen molar-refractivity contribution >= 4 is 17.4 Å². The van der Waals surface area contributed by atoms with Gasteiger partial charge in [-0.1, -0.05) is 13.0 Å². The molecule has 1 fully saturated rings. The van der Waals surface area contributed by atoms with Gasteiger partial charge in [-0.25, -0.2) is 23.4 Å². The summed E-state index contributed by atoms with van der Waals surface area (Å²) in [5, 5.41) is 23.4. The second kappa shape index (κ2) is 12.2. The number of anilines is 2. The molecule has 12 heteroatoms. The molecule has 0 spiro atoms. The van der Waals surface area contributed by atoms with Crippen LogP contribution in [-0.2, 0) is 9.53 Å². The lowest BCUT2D eigenvalue weighted by molar-refractivity contribution is -0.145. The molecule has 10 nitrogen and oxygen atoms in total. The molecule has 0 aromatic carbocycles. The van der Waals surface area contributed by atoms with Gasteiger partial charge in [0.25, 0.3) is 0 Å². The summed E-state index contributed by atoms with van der Waals surface area (Å²) < 4.78 is 35.2. The van der Waals surface area contributed by atoms with Crippen molar-refractivity contribution in [1.29, 1.82) is 5.26 Å². The van der Waals surface area contributed by atoms with E-state index < -0.39 is 17.2 Å². The smallest absolute Gasteiger partial charge is 0.168 e. The average molecular weight is 575 g/mol. The molecule has 1 aliphatic carbocycles. The number of nitrogens with zero attached hydrogens (tertiary/aromatic N) is 6. The number of Topliss-reactive ketones (excluding diaryl/α,β-unsaturated/α-hetero) is 1. The van der Waals surface area contributed by atoms with Gasteiger partial charge in [0.1, 0.15) is 11.7 Å². The molecule has 0 saturated heterocycles. The van der Waals surface area contributed by atoms with Crippen LogP contribution in [0, 0.1) is 29.9 Å². The van der Waals surface area contributed by atoms with Gasteiger partial charge >= 0.3 is 0 Å². The Morgan fingerprint density at radius 3 is 2.67 bits per heavy atom. The maximum Gasteiger partial charge on any atom is 0.168 e. The van der Waals surface area contributed by atoms with Gasteiger partial charge in [-0.05, 0) is 62.6 Å². The van der Waals surface area contributed by atoms with Crippen molar-refractivity contribution in [3.8, 4) is 11.9 Å². The Hall–Kier alpha value is -4.50. The van der Waals surface area contributed by atoms with Gasteiger partial charge in [-0.2, -0.15) is 15.5 Å². The third-order valence-corrected chi connectivity index (χ3v) is 8.09. The van der Waals surface area contributed by atoms with Crippen LogP contribution in [0.2, 0.25) is 0 Å². The van der Waals surface area contributed by atoms with E-state index in [-0.39, 0.29) is 29.0 Å². The molecule has 5 rings (SSSR count). The van der Waals surface area contributed by atoms with Crippen molar-refractivity contribution < 1.29 is 18.3 Å². The summed E-state index contributed by atoms with van der Waals surface area (Å²) in [6.07, 6.45) is 7.15. The number of hydrogen-bond acceptors (Lipinski definition) is 8. The van der Waals surface area contributed by atoms with E-state index >= 15 is 0 Å². The topological polar surface area (TPSA) is 134 Å². The van der Waals surface area contributed by atoms with Gasteiger partial charge in [0.2, 0.25) is 0 Å². The van der Waals surface area contributed by atoms with E-state index in [1.165, 1.54) is 16.9 Å². The number of halogens is 2. The van der Waals surface area contributed by atoms with Crippen molar-refractivity contribution in [3.63, 3.8) is 0 Å². The first kappa shape index (κ1) is 29.0. The van der Waals surface area contributed by atoms with Crippen LogP contribution < -0.4 is 5.32 Å². The molecule has 1 atom stereocenters. The predicted molar refractivity (Wildman–Crippen MR) is 150 cm³/mol. The number of H-pyrrole nitrogens is 1. The van der Waals surface area contributed by atoms with Crippen molar-refractivity contribution in [2.75, 3.05) is 12.4 Å². The van der Waals surface area contributed by atoms with Crippen LogP contribution in [0.25, 0.3) is 5.82 Å². The predicted octanol–water partition coefficient (Wildman–Crippen LogP) is 5.78. The maximum absolute atomic E-state index is 14.7. The first-order chi connectivity index (χ1) is 20.2. The number of pyridine rings is 2. The number of methoxy groups -OCH3 is 1. The van der Waals surface area contributed by atoms with Crippen LogP contribution in [0.1, 0.15) is 79.8 Å². The van der Waals surface area contributed by atoms with Gasteiger partial charge < -0.3 is 10.1 Å². The number of carbonyl (C=O) groups is 1. The normalized spacial score (nSPS) is 19.3. The zero-order chi connectivity index (χ0) is 29.9.